The monoisotopic (exact) mass is 421 g/mol. The summed E-state index contributed by atoms with van der Waals surface area (Å²) >= 11 is 1.45. The molecule has 0 radical (unpaired) electrons. The van der Waals surface area contributed by atoms with E-state index in [2.05, 4.69) is 27.3 Å². The van der Waals surface area contributed by atoms with Crippen molar-refractivity contribution in [2.45, 2.75) is 25.8 Å². The number of aryl methyl sites for hydroxylation is 1. The number of hydrogen-bond donors (Lipinski definition) is 1. The van der Waals surface area contributed by atoms with Crippen LogP contribution in [-0.4, -0.2) is 42.5 Å². The average molecular weight is 422 g/mol. The highest BCUT2D eigenvalue weighted by Crippen LogP contribution is 2.29. The van der Waals surface area contributed by atoms with Crippen molar-refractivity contribution >= 4 is 17.2 Å². The lowest BCUT2D eigenvalue weighted by Crippen LogP contribution is -2.36. The molecule has 1 aliphatic rings. The van der Waals surface area contributed by atoms with Crippen LogP contribution in [-0.2, 0) is 0 Å². The largest absolute Gasteiger partial charge is 0.497 e. The number of likely N-dealkylation sites (tertiary alicyclic amines) is 1. The van der Waals surface area contributed by atoms with Gasteiger partial charge in [-0.25, -0.2) is 4.98 Å². The number of amides is 1. The molecule has 1 amide bonds. The number of methoxy groups -OCH3 is 1. The predicted molar refractivity (Wildman–Crippen MR) is 121 cm³/mol. The summed E-state index contributed by atoms with van der Waals surface area (Å²) in [7, 11) is 1.68. The predicted octanol–water partition coefficient (Wildman–Crippen LogP) is 4.69. The van der Waals surface area contributed by atoms with Gasteiger partial charge < -0.3 is 10.1 Å². The van der Waals surface area contributed by atoms with E-state index in [1.807, 2.05) is 49.4 Å². The maximum Gasteiger partial charge on any atom is 0.263 e. The molecule has 1 aliphatic heterocycles. The number of ether oxygens (including phenoxy) is 1. The summed E-state index contributed by atoms with van der Waals surface area (Å²) in [6.45, 7) is 4.56. The first-order chi connectivity index (χ1) is 14.7. The Morgan fingerprint density at radius 1 is 1.17 bits per heavy atom. The molecule has 3 aromatic rings. The standard InChI is InChI=1S/C24H27N3O2S/c1-17-22(30-24(26-17)18-9-4-3-5-10-18)23(28)25-16-21(27-13-6-7-14-27)19-11-8-12-20(15-19)29-2/h3-5,8-12,15,21H,6-7,13-14,16H2,1-2H3,(H,25,28). The third-order valence-electron chi connectivity index (χ3n) is 5.54. The van der Waals surface area contributed by atoms with Crippen LogP contribution >= 0.6 is 11.3 Å². The van der Waals surface area contributed by atoms with Crippen molar-refractivity contribution in [3.05, 3.63) is 70.7 Å². The molecule has 0 saturated carbocycles. The SMILES string of the molecule is COc1cccc(C(CNC(=O)c2sc(-c3ccccc3)nc2C)N2CCCC2)c1. The fraction of sp³-hybridized carbons (Fsp3) is 0.333. The Morgan fingerprint density at radius 2 is 1.93 bits per heavy atom. The fourth-order valence-corrected chi connectivity index (χ4v) is 4.93. The van der Waals surface area contributed by atoms with E-state index in [0.717, 1.165) is 35.1 Å². The summed E-state index contributed by atoms with van der Waals surface area (Å²) in [5.41, 5.74) is 2.98. The maximum atomic E-state index is 13.0. The number of carbonyl (C=O) groups is 1. The zero-order chi connectivity index (χ0) is 20.9. The van der Waals surface area contributed by atoms with Crippen molar-refractivity contribution in [3.63, 3.8) is 0 Å². The Morgan fingerprint density at radius 3 is 2.67 bits per heavy atom. The molecule has 1 atom stereocenters. The van der Waals surface area contributed by atoms with Crippen molar-refractivity contribution in [2.75, 3.05) is 26.7 Å². The van der Waals surface area contributed by atoms with Crippen molar-refractivity contribution < 1.29 is 9.53 Å². The summed E-state index contributed by atoms with van der Waals surface area (Å²) in [5, 5.41) is 4.04. The molecule has 0 aliphatic carbocycles. The van der Waals surface area contributed by atoms with E-state index in [1.165, 1.54) is 29.7 Å². The van der Waals surface area contributed by atoms with Crippen LogP contribution in [0.3, 0.4) is 0 Å². The van der Waals surface area contributed by atoms with Gasteiger partial charge in [0.2, 0.25) is 0 Å². The van der Waals surface area contributed by atoms with Crippen LogP contribution in [0, 0.1) is 6.92 Å². The molecule has 2 aromatic carbocycles. The lowest BCUT2D eigenvalue weighted by molar-refractivity contribution is 0.0941. The molecule has 4 rings (SSSR count). The van der Waals surface area contributed by atoms with E-state index in [0.29, 0.717) is 11.4 Å². The highest BCUT2D eigenvalue weighted by atomic mass is 32.1. The van der Waals surface area contributed by atoms with Crippen LogP contribution in [0.25, 0.3) is 10.6 Å². The van der Waals surface area contributed by atoms with E-state index >= 15 is 0 Å². The van der Waals surface area contributed by atoms with Crippen LogP contribution < -0.4 is 10.1 Å². The molecule has 30 heavy (non-hydrogen) atoms. The molecule has 5 nitrogen and oxygen atoms in total. The number of rotatable bonds is 7. The Kier molecular flexibility index (Phi) is 6.45. The summed E-state index contributed by atoms with van der Waals surface area (Å²) in [4.78, 5) is 20.7. The molecule has 1 aromatic heterocycles. The van der Waals surface area contributed by atoms with Gasteiger partial charge in [-0.15, -0.1) is 11.3 Å². The van der Waals surface area contributed by atoms with Crippen molar-refractivity contribution in [1.82, 2.24) is 15.2 Å². The molecule has 0 spiro atoms. The molecule has 0 bridgehead atoms. The smallest absolute Gasteiger partial charge is 0.263 e. The number of carbonyl (C=O) groups excluding carboxylic acids is 1. The first kappa shape index (κ1) is 20.6. The lowest BCUT2D eigenvalue weighted by Gasteiger charge is -2.28. The average Bonchev–Trinajstić information content (AvgIpc) is 3.45. The van der Waals surface area contributed by atoms with E-state index in [9.17, 15) is 4.79 Å². The van der Waals surface area contributed by atoms with E-state index in [-0.39, 0.29) is 11.9 Å². The second-order valence-corrected chi connectivity index (χ2v) is 8.54. The van der Waals surface area contributed by atoms with Gasteiger partial charge >= 0.3 is 0 Å². The highest BCUT2D eigenvalue weighted by Gasteiger charge is 2.25. The third kappa shape index (κ3) is 4.55. The molecule has 156 valence electrons. The molecule has 1 unspecified atom stereocenters. The number of hydrogen-bond acceptors (Lipinski definition) is 5. The number of nitrogens with zero attached hydrogens (tertiary/aromatic N) is 2. The Bertz CT molecular complexity index is 997. The Hall–Kier alpha value is -2.70. The normalized spacial score (nSPS) is 15.1. The van der Waals surface area contributed by atoms with Gasteiger partial charge in [-0.1, -0.05) is 42.5 Å². The molecule has 1 N–H and O–H groups in total. The van der Waals surface area contributed by atoms with Gasteiger partial charge in [0.25, 0.3) is 5.91 Å². The highest BCUT2D eigenvalue weighted by molar-refractivity contribution is 7.17. The molecule has 6 heteroatoms. The molecule has 1 fully saturated rings. The summed E-state index contributed by atoms with van der Waals surface area (Å²) in [6.07, 6.45) is 2.39. The fourth-order valence-electron chi connectivity index (χ4n) is 3.94. The number of benzene rings is 2. The van der Waals surface area contributed by atoms with Gasteiger partial charge in [0.15, 0.2) is 0 Å². The second kappa shape index (κ2) is 9.41. The first-order valence-electron chi connectivity index (χ1n) is 10.3. The first-order valence-corrected chi connectivity index (χ1v) is 11.2. The van der Waals surface area contributed by atoms with E-state index in [1.54, 1.807) is 7.11 Å². The number of aromatic nitrogens is 1. The van der Waals surface area contributed by atoms with Crippen LogP contribution in [0.2, 0.25) is 0 Å². The van der Waals surface area contributed by atoms with Gasteiger partial charge in [0, 0.05) is 12.1 Å². The van der Waals surface area contributed by atoms with Crippen molar-refractivity contribution in [1.29, 1.82) is 0 Å². The van der Waals surface area contributed by atoms with E-state index < -0.39 is 0 Å². The van der Waals surface area contributed by atoms with Gasteiger partial charge in [0.05, 0.1) is 18.8 Å². The van der Waals surface area contributed by atoms with Crippen LogP contribution in [0.15, 0.2) is 54.6 Å². The quantitative estimate of drug-likeness (QED) is 0.601. The minimum atomic E-state index is -0.0562. The second-order valence-electron chi connectivity index (χ2n) is 7.55. The molecular formula is C24H27N3O2S. The molecule has 1 saturated heterocycles. The lowest BCUT2D eigenvalue weighted by atomic mass is 10.0. The van der Waals surface area contributed by atoms with Gasteiger partial charge in [-0.3, -0.25) is 9.69 Å². The van der Waals surface area contributed by atoms with E-state index in [4.69, 9.17) is 4.74 Å². The summed E-state index contributed by atoms with van der Waals surface area (Å²) in [5.74, 6) is 0.785. The number of nitrogens with one attached hydrogen (secondary N) is 1. The minimum Gasteiger partial charge on any atom is -0.497 e. The minimum absolute atomic E-state index is 0.0562. The van der Waals surface area contributed by atoms with Crippen molar-refractivity contribution in [2.24, 2.45) is 0 Å². The van der Waals surface area contributed by atoms with Crippen LogP contribution in [0.1, 0.15) is 39.8 Å². The maximum absolute atomic E-state index is 13.0. The molecule has 2 heterocycles. The van der Waals surface area contributed by atoms with Crippen molar-refractivity contribution in [3.8, 4) is 16.3 Å². The van der Waals surface area contributed by atoms with Gasteiger partial charge in [-0.05, 0) is 50.6 Å². The number of thiazole rings is 1. The van der Waals surface area contributed by atoms with Gasteiger partial charge in [-0.2, -0.15) is 0 Å². The Balaban J connectivity index is 1.51. The Labute approximate surface area is 181 Å². The summed E-state index contributed by atoms with van der Waals surface area (Å²) in [6, 6.07) is 18.3. The zero-order valence-corrected chi connectivity index (χ0v) is 18.2. The van der Waals surface area contributed by atoms with Crippen LogP contribution in [0.5, 0.6) is 5.75 Å². The third-order valence-corrected chi connectivity index (χ3v) is 6.74. The topological polar surface area (TPSA) is 54.5 Å². The van der Waals surface area contributed by atoms with Crippen LogP contribution in [0.4, 0.5) is 0 Å². The molecular weight excluding hydrogens is 394 g/mol. The van der Waals surface area contributed by atoms with Gasteiger partial charge in [0.1, 0.15) is 15.6 Å². The zero-order valence-electron chi connectivity index (χ0n) is 17.4. The summed E-state index contributed by atoms with van der Waals surface area (Å²) < 4.78 is 5.41.